The maximum absolute atomic E-state index is 13.4. The zero-order valence-corrected chi connectivity index (χ0v) is 19.3. The molecule has 0 radical (unpaired) electrons. The molecule has 1 aromatic rings. The molecule has 1 saturated carbocycles. The summed E-state index contributed by atoms with van der Waals surface area (Å²) in [4.78, 5) is 39.9. The maximum Gasteiger partial charge on any atom is 0.317 e. The highest BCUT2D eigenvalue weighted by molar-refractivity contribution is 5.86. The number of hydrogen-bond donors (Lipinski definition) is 1. The summed E-state index contributed by atoms with van der Waals surface area (Å²) in [6.45, 7) is 6.75. The molecule has 7 nitrogen and oxygen atoms in total. The van der Waals surface area contributed by atoms with Crippen LogP contribution in [0, 0.1) is 16.2 Å². The topological polar surface area (TPSA) is 84.9 Å². The van der Waals surface area contributed by atoms with Crippen molar-refractivity contribution in [3.8, 4) is 5.75 Å². The minimum absolute atomic E-state index is 0.0275. The monoisotopic (exact) mass is 440 g/mol. The maximum atomic E-state index is 13.4. The number of benzene rings is 1. The van der Waals surface area contributed by atoms with Crippen molar-refractivity contribution in [1.82, 2.24) is 10.2 Å². The zero-order valence-electron chi connectivity index (χ0n) is 19.3. The zero-order chi connectivity index (χ0) is 22.9. The van der Waals surface area contributed by atoms with Crippen LogP contribution in [0.3, 0.4) is 0 Å². The molecule has 3 aliphatic heterocycles. The number of piperidine rings is 2. The highest BCUT2D eigenvalue weighted by atomic mass is 16.5. The summed E-state index contributed by atoms with van der Waals surface area (Å²) in [5.41, 5.74) is -0.507. The molecule has 2 bridgehead atoms. The Morgan fingerprint density at radius 3 is 2.75 bits per heavy atom. The number of nitrogens with zero attached hydrogens (tertiary/aromatic N) is 1. The van der Waals surface area contributed by atoms with E-state index >= 15 is 0 Å². The van der Waals surface area contributed by atoms with Crippen molar-refractivity contribution in [3.05, 3.63) is 29.8 Å². The summed E-state index contributed by atoms with van der Waals surface area (Å²) in [6.07, 6.45) is 3.05. The van der Waals surface area contributed by atoms with Crippen LogP contribution in [0.4, 0.5) is 0 Å². The number of rotatable bonds is 3. The van der Waals surface area contributed by atoms with Crippen LogP contribution in [0.5, 0.6) is 5.75 Å². The Hall–Kier alpha value is -2.41. The fourth-order valence-electron chi connectivity index (χ4n) is 7.13. The molecule has 1 aliphatic carbocycles. The molecule has 7 heteroatoms. The van der Waals surface area contributed by atoms with Crippen LogP contribution in [0.2, 0.25) is 0 Å². The largest absolute Gasteiger partial charge is 0.426 e. The summed E-state index contributed by atoms with van der Waals surface area (Å²) in [5, 5.41) is 3.01. The van der Waals surface area contributed by atoms with Crippen molar-refractivity contribution in [2.24, 2.45) is 16.2 Å². The first-order valence-electron chi connectivity index (χ1n) is 11.5. The fraction of sp³-hybridized carbons (Fsp3) is 0.640. The number of nitrogens with one attached hydrogen (secondary N) is 1. The molecule has 6 atom stereocenters. The molecule has 3 heterocycles. The fourth-order valence-corrected chi connectivity index (χ4v) is 7.13. The van der Waals surface area contributed by atoms with Crippen molar-refractivity contribution < 1.29 is 23.9 Å². The van der Waals surface area contributed by atoms with Crippen LogP contribution in [0.15, 0.2) is 24.3 Å². The third kappa shape index (κ3) is 3.41. The average Bonchev–Trinajstić information content (AvgIpc) is 2.68. The van der Waals surface area contributed by atoms with Crippen molar-refractivity contribution >= 4 is 17.8 Å². The number of carbonyl (C=O) groups excluding carboxylic acids is 3. The third-order valence-corrected chi connectivity index (χ3v) is 7.82. The minimum atomic E-state index is -0.732. The smallest absolute Gasteiger partial charge is 0.317 e. The molecule has 2 amide bonds. The van der Waals surface area contributed by atoms with E-state index in [1.54, 1.807) is 6.07 Å². The lowest BCUT2D eigenvalue weighted by Gasteiger charge is -2.56. The number of ether oxygens (including phenoxy) is 2. The molecule has 4 fully saturated rings. The second-order valence-corrected chi connectivity index (χ2v) is 11.3. The van der Waals surface area contributed by atoms with Crippen molar-refractivity contribution in [1.29, 1.82) is 0 Å². The van der Waals surface area contributed by atoms with Gasteiger partial charge in [0.05, 0.1) is 17.6 Å². The predicted octanol–water partition coefficient (Wildman–Crippen LogP) is 2.99. The highest BCUT2D eigenvalue weighted by Crippen LogP contribution is 2.58. The van der Waals surface area contributed by atoms with Crippen molar-refractivity contribution in [2.45, 2.75) is 71.1 Å². The molecule has 0 aromatic heterocycles. The van der Waals surface area contributed by atoms with Gasteiger partial charge >= 0.3 is 5.97 Å². The van der Waals surface area contributed by atoms with E-state index in [4.69, 9.17) is 9.47 Å². The van der Waals surface area contributed by atoms with Gasteiger partial charge in [0, 0.05) is 25.4 Å². The minimum Gasteiger partial charge on any atom is -0.426 e. The van der Waals surface area contributed by atoms with Gasteiger partial charge in [0.25, 0.3) is 0 Å². The molecule has 1 aromatic carbocycles. The summed E-state index contributed by atoms with van der Waals surface area (Å²) >= 11 is 0. The lowest BCUT2D eigenvalue weighted by Crippen LogP contribution is -2.60. The van der Waals surface area contributed by atoms with E-state index in [0.29, 0.717) is 31.6 Å². The van der Waals surface area contributed by atoms with E-state index in [9.17, 15) is 14.4 Å². The van der Waals surface area contributed by atoms with Gasteiger partial charge in [-0.3, -0.25) is 14.4 Å². The van der Waals surface area contributed by atoms with Crippen molar-refractivity contribution in [3.63, 3.8) is 0 Å². The molecule has 5 rings (SSSR count). The van der Waals surface area contributed by atoms with Crippen LogP contribution >= 0.6 is 0 Å². The lowest BCUT2D eigenvalue weighted by molar-refractivity contribution is -0.180. The molecule has 1 N–H and O–H groups in total. The van der Waals surface area contributed by atoms with Crippen molar-refractivity contribution in [2.75, 3.05) is 13.6 Å². The van der Waals surface area contributed by atoms with Crippen LogP contribution in [0.1, 0.15) is 64.5 Å². The molecule has 32 heavy (non-hydrogen) atoms. The van der Waals surface area contributed by atoms with Crippen LogP contribution in [0.25, 0.3) is 0 Å². The molecule has 4 aliphatic rings. The van der Waals surface area contributed by atoms with Crippen LogP contribution in [-0.4, -0.2) is 48.4 Å². The van der Waals surface area contributed by atoms with Crippen LogP contribution in [-0.2, 0) is 19.1 Å². The standard InChI is InChI=1S/C25H32N2O5/c1-23-11-24(2,21(29)27(4)14-23)13-25(3,12-23)22(30)31-16-7-5-6-15(10-16)20-19-17(32-20)8-9-18(28)26-19/h5-7,10,17,19-20H,8-9,11-14H2,1-4H3,(H,26,28)/t17-,19+,20+,23+,24-,25+/m1/s1. The molecular formula is C25H32N2O5. The average molecular weight is 441 g/mol. The Bertz CT molecular complexity index is 994. The van der Waals surface area contributed by atoms with Gasteiger partial charge in [0.2, 0.25) is 11.8 Å². The molecule has 3 saturated heterocycles. The van der Waals surface area contributed by atoms with Gasteiger partial charge in [-0.05, 0) is 55.7 Å². The number of amides is 2. The summed E-state index contributed by atoms with van der Waals surface area (Å²) in [7, 11) is 1.85. The number of esters is 1. The first-order chi connectivity index (χ1) is 15.0. The van der Waals surface area contributed by atoms with Gasteiger partial charge < -0.3 is 19.7 Å². The second kappa shape index (κ2) is 7.04. The van der Waals surface area contributed by atoms with Gasteiger partial charge in [0.1, 0.15) is 11.9 Å². The Morgan fingerprint density at radius 1 is 1.19 bits per heavy atom. The highest BCUT2D eigenvalue weighted by Gasteiger charge is 2.59. The first-order valence-corrected chi connectivity index (χ1v) is 11.5. The normalized spacial score (nSPS) is 40.8. The molecule has 0 unspecified atom stereocenters. The van der Waals surface area contributed by atoms with E-state index in [2.05, 4.69) is 12.2 Å². The van der Waals surface area contributed by atoms with E-state index in [1.807, 2.05) is 44.0 Å². The Balaban J connectivity index is 1.33. The van der Waals surface area contributed by atoms with Gasteiger partial charge in [0.15, 0.2) is 0 Å². The molecule has 0 spiro atoms. The number of hydrogen-bond acceptors (Lipinski definition) is 5. The number of carbonyl (C=O) groups is 3. The summed E-state index contributed by atoms with van der Waals surface area (Å²) in [5.74, 6) is 0.349. The predicted molar refractivity (Wildman–Crippen MR) is 117 cm³/mol. The summed E-state index contributed by atoms with van der Waals surface area (Å²) < 4.78 is 11.9. The summed E-state index contributed by atoms with van der Waals surface area (Å²) in [6, 6.07) is 7.35. The Morgan fingerprint density at radius 2 is 1.97 bits per heavy atom. The van der Waals surface area contributed by atoms with E-state index < -0.39 is 10.8 Å². The van der Waals surface area contributed by atoms with Gasteiger partial charge in [-0.1, -0.05) is 26.0 Å². The van der Waals surface area contributed by atoms with Crippen LogP contribution < -0.4 is 10.1 Å². The number of fused-ring (bicyclic) bond motifs is 3. The Labute approximate surface area is 188 Å². The van der Waals surface area contributed by atoms with E-state index in [-0.39, 0.29) is 41.4 Å². The Kier molecular flexibility index (Phi) is 4.72. The molecule has 172 valence electrons. The first kappa shape index (κ1) is 21.4. The second-order valence-electron chi connectivity index (χ2n) is 11.3. The van der Waals surface area contributed by atoms with Gasteiger partial charge in [-0.15, -0.1) is 0 Å². The third-order valence-electron chi connectivity index (χ3n) is 7.82. The van der Waals surface area contributed by atoms with E-state index in [1.165, 1.54) is 0 Å². The van der Waals surface area contributed by atoms with Gasteiger partial charge in [-0.25, -0.2) is 0 Å². The van der Waals surface area contributed by atoms with Gasteiger partial charge in [-0.2, -0.15) is 0 Å². The SMILES string of the molecule is CN1C[C@]2(C)C[C@](C)(C(=O)Oc3cccc([C@@H]4O[C@@H]5CCC(=O)N[C@@H]54)c3)C[C@@](C)(C2)C1=O. The number of likely N-dealkylation sites (tertiary alicyclic amines) is 1. The lowest BCUT2D eigenvalue weighted by atomic mass is 9.52. The van der Waals surface area contributed by atoms with E-state index in [0.717, 1.165) is 18.4 Å². The molecular weight excluding hydrogens is 408 g/mol. The quantitative estimate of drug-likeness (QED) is 0.577.